The largest absolute Gasteiger partial charge is 0.316 e. The van der Waals surface area contributed by atoms with Crippen molar-refractivity contribution in [2.45, 2.75) is 40.0 Å². The van der Waals surface area contributed by atoms with E-state index in [9.17, 15) is 0 Å². The molecule has 0 bridgehead atoms. The SMILES string of the molecule is C=CC(C)(CNCC)Cc1ccc(C(C)C)cc1. The molecule has 1 rings (SSSR count). The molecule has 0 fully saturated rings. The maximum absolute atomic E-state index is 3.99. The van der Waals surface area contributed by atoms with Crippen LogP contribution in [0.2, 0.25) is 0 Å². The van der Waals surface area contributed by atoms with Crippen molar-refractivity contribution in [3.05, 3.63) is 48.0 Å². The zero-order chi connectivity index (χ0) is 13.6. The first-order valence-corrected chi connectivity index (χ1v) is 6.94. The smallest absolute Gasteiger partial charge is 0.00428 e. The monoisotopic (exact) mass is 245 g/mol. The van der Waals surface area contributed by atoms with Crippen LogP contribution in [0.4, 0.5) is 0 Å². The second-order valence-corrected chi connectivity index (χ2v) is 5.71. The van der Waals surface area contributed by atoms with Gasteiger partial charge in [-0.25, -0.2) is 0 Å². The highest BCUT2D eigenvalue weighted by Gasteiger charge is 2.20. The third-order valence-electron chi connectivity index (χ3n) is 3.53. The molecule has 0 aliphatic carbocycles. The summed E-state index contributed by atoms with van der Waals surface area (Å²) in [5, 5.41) is 3.42. The molecule has 0 saturated heterocycles. The van der Waals surface area contributed by atoms with E-state index in [1.807, 2.05) is 0 Å². The summed E-state index contributed by atoms with van der Waals surface area (Å²) in [4.78, 5) is 0. The molecule has 1 heteroatoms. The Bertz CT molecular complexity index is 364. The molecule has 0 aliphatic heterocycles. The van der Waals surface area contributed by atoms with Gasteiger partial charge in [0.15, 0.2) is 0 Å². The topological polar surface area (TPSA) is 12.0 Å². The van der Waals surface area contributed by atoms with Gasteiger partial charge in [-0.15, -0.1) is 6.58 Å². The van der Waals surface area contributed by atoms with E-state index in [1.54, 1.807) is 0 Å². The van der Waals surface area contributed by atoms with E-state index >= 15 is 0 Å². The molecule has 1 nitrogen and oxygen atoms in total. The van der Waals surface area contributed by atoms with Gasteiger partial charge in [0.05, 0.1) is 0 Å². The lowest BCUT2D eigenvalue weighted by Crippen LogP contribution is -2.31. The number of hydrogen-bond acceptors (Lipinski definition) is 1. The van der Waals surface area contributed by atoms with E-state index < -0.39 is 0 Å². The van der Waals surface area contributed by atoms with Gasteiger partial charge in [-0.3, -0.25) is 0 Å². The molecule has 1 N–H and O–H groups in total. The number of benzene rings is 1. The van der Waals surface area contributed by atoms with Crippen LogP contribution in [0.1, 0.15) is 44.7 Å². The molecular weight excluding hydrogens is 218 g/mol. The summed E-state index contributed by atoms with van der Waals surface area (Å²) in [6.45, 7) is 14.8. The van der Waals surface area contributed by atoms with E-state index in [2.05, 4.69) is 69.9 Å². The summed E-state index contributed by atoms with van der Waals surface area (Å²) < 4.78 is 0. The molecule has 0 aliphatic rings. The van der Waals surface area contributed by atoms with E-state index in [0.717, 1.165) is 19.5 Å². The van der Waals surface area contributed by atoms with Crippen LogP contribution < -0.4 is 5.32 Å². The summed E-state index contributed by atoms with van der Waals surface area (Å²) in [6.07, 6.45) is 3.12. The standard InChI is InChI=1S/C17H27N/c1-6-17(5,13-18-7-2)12-15-8-10-16(11-9-15)14(3)4/h6,8-11,14,18H,1,7,12-13H2,2-5H3. The molecule has 0 saturated carbocycles. The van der Waals surface area contributed by atoms with Gasteiger partial charge in [-0.05, 0) is 30.0 Å². The van der Waals surface area contributed by atoms with E-state index in [0.29, 0.717) is 5.92 Å². The maximum Gasteiger partial charge on any atom is 0.00428 e. The second-order valence-electron chi connectivity index (χ2n) is 5.71. The van der Waals surface area contributed by atoms with Crippen LogP contribution in [0.5, 0.6) is 0 Å². The molecule has 0 amide bonds. The van der Waals surface area contributed by atoms with E-state index in [1.165, 1.54) is 11.1 Å². The molecular formula is C17H27N. The van der Waals surface area contributed by atoms with Crippen LogP contribution >= 0.6 is 0 Å². The Hall–Kier alpha value is -1.08. The number of rotatable bonds is 7. The molecule has 100 valence electrons. The number of nitrogens with one attached hydrogen (secondary N) is 1. The molecule has 0 radical (unpaired) electrons. The predicted octanol–water partition coefficient (Wildman–Crippen LogP) is 4.15. The van der Waals surface area contributed by atoms with E-state index in [4.69, 9.17) is 0 Å². The van der Waals surface area contributed by atoms with Crippen LogP contribution in [0.15, 0.2) is 36.9 Å². The van der Waals surface area contributed by atoms with Gasteiger partial charge < -0.3 is 5.32 Å². The molecule has 1 aromatic rings. The lowest BCUT2D eigenvalue weighted by atomic mass is 9.83. The molecule has 1 unspecified atom stereocenters. The van der Waals surface area contributed by atoms with Gasteiger partial charge in [0.2, 0.25) is 0 Å². The first-order valence-electron chi connectivity index (χ1n) is 6.94. The minimum absolute atomic E-state index is 0.134. The zero-order valence-electron chi connectivity index (χ0n) is 12.3. The average Bonchev–Trinajstić information content (AvgIpc) is 2.37. The van der Waals surface area contributed by atoms with Gasteiger partial charge in [0.1, 0.15) is 0 Å². The normalized spacial score (nSPS) is 14.5. The minimum atomic E-state index is 0.134. The van der Waals surface area contributed by atoms with Gasteiger partial charge in [-0.1, -0.05) is 58.0 Å². The predicted molar refractivity (Wildman–Crippen MR) is 81.1 cm³/mol. The quantitative estimate of drug-likeness (QED) is 0.711. The molecule has 0 heterocycles. The van der Waals surface area contributed by atoms with Gasteiger partial charge in [0.25, 0.3) is 0 Å². The first-order chi connectivity index (χ1) is 8.50. The maximum atomic E-state index is 3.99. The van der Waals surface area contributed by atoms with Crippen molar-refractivity contribution in [2.75, 3.05) is 13.1 Å². The highest BCUT2D eigenvalue weighted by molar-refractivity contribution is 5.26. The molecule has 18 heavy (non-hydrogen) atoms. The molecule has 1 aromatic carbocycles. The van der Waals surface area contributed by atoms with Crippen molar-refractivity contribution < 1.29 is 0 Å². The van der Waals surface area contributed by atoms with Crippen molar-refractivity contribution in [3.63, 3.8) is 0 Å². The molecule has 0 spiro atoms. The van der Waals surface area contributed by atoms with Gasteiger partial charge in [0, 0.05) is 12.0 Å². The number of hydrogen-bond donors (Lipinski definition) is 1. The Morgan fingerprint density at radius 2 is 1.89 bits per heavy atom. The first kappa shape index (κ1) is 15.0. The lowest BCUT2D eigenvalue weighted by molar-refractivity contribution is 0.396. The third kappa shape index (κ3) is 4.30. The van der Waals surface area contributed by atoms with Crippen LogP contribution in [-0.2, 0) is 6.42 Å². The minimum Gasteiger partial charge on any atom is -0.316 e. The summed E-state index contributed by atoms with van der Waals surface area (Å²) in [5.74, 6) is 0.603. The summed E-state index contributed by atoms with van der Waals surface area (Å²) >= 11 is 0. The fourth-order valence-corrected chi connectivity index (χ4v) is 2.10. The Labute approximate surface area is 112 Å². The Balaban J connectivity index is 2.72. The van der Waals surface area contributed by atoms with Crippen molar-refractivity contribution in [3.8, 4) is 0 Å². The fraction of sp³-hybridized carbons (Fsp3) is 0.529. The Morgan fingerprint density at radius 1 is 1.28 bits per heavy atom. The van der Waals surface area contributed by atoms with E-state index in [-0.39, 0.29) is 5.41 Å². The summed E-state index contributed by atoms with van der Waals surface area (Å²) in [7, 11) is 0. The van der Waals surface area contributed by atoms with Gasteiger partial charge in [-0.2, -0.15) is 0 Å². The van der Waals surface area contributed by atoms with Crippen molar-refractivity contribution in [2.24, 2.45) is 5.41 Å². The van der Waals surface area contributed by atoms with Crippen molar-refractivity contribution in [1.29, 1.82) is 0 Å². The lowest BCUT2D eigenvalue weighted by Gasteiger charge is -2.26. The van der Waals surface area contributed by atoms with Crippen molar-refractivity contribution >= 4 is 0 Å². The van der Waals surface area contributed by atoms with Crippen LogP contribution in [-0.4, -0.2) is 13.1 Å². The van der Waals surface area contributed by atoms with Gasteiger partial charge >= 0.3 is 0 Å². The Kier molecular flexibility index (Phi) is 5.61. The van der Waals surface area contributed by atoms with Crippen LogP contribution in [0.25, 0.3) is 0 Å². The summed E-state index contributed by atoms with van der Waals surface area (Å²) in [6, 6.07) is 9.00. The highest BCUT2D eigenvalue weighted by Crippen LogP contribution is 2.24. The zero-order valence-corrected chi connectivity index (χ0v) is 12.3. The van der Waals surface area contributed by atoms with Crippen molar-refractivity contribution in [1.82, 2.24) is 5.32 Å². The van der Waals surface area contributed by atoms with Crippen LogP contribution in [0, 0.1) is 5.41 Å². The third-order valence-corrected chi connectivity index (χ3v) is 3.53. The van der Waals surface area contributed by atoms with Crippen LogP contribution in [0.3, 0.4) is 0 Å². The summed E-state index contributed by atoms with van der Waals surface area (Å²) in [5.41, 5.74) is 2.93. The molecule has 1 atom stereocenters. The second kappa shape index (κ2) is 6.75. The average molecular weight is 245 g/mol. The molecule has 0 aromatic heterocycles. The Morgan fingerprint density at radius 3 is 2.33 bits per heavy atom. The fourth-order valence-electron chi connectivity index (χ4n) is 2.10. The highest BCUT2D eigenvalue weighted by atomic mass is 14.9.